The topological polar surface area (TPSA) is 52.1 Å². The zero-order chi connectivity index (χ0) is 20.5. The highest BCUT2D eigenvalue weighted by molar-refractivity contribution is 6.31. The number of fused-ring (bicyclic) bond motifs is 2. The average Bonchev–Trinajstić information content (AvgIpc) is 3.34. The highest BCUT2D eigenvalue weighted by atomic mass is 35.5. The zero-order valence-electron chi connectivity index (χ0n) is 15.5. The molecule has 0 saturated heterocycles. The first-order chi connectivity index (χ1) is 14.6. The number of halogens is 2. The molecule has 0 amide bonds. The molecule has 0 saturated carbocycles. The van der Waals surface area contributed by atoms with Gasteiger partial charge >= 0.3 is 0 Å². The molecule has 0 bridgehead atoms. The van der Waals surface area contributed by atoms with Crippen LogP contribution in [0.15, 0.2) is 69.5 Å². The molecule has 0 unspecified atom stereocenters. The van der Waals surface area contributed by atoms with Crippen molar-refractivity contribution in [3.05, 3.63) is 93.6 Å². The van der Waals surface area contributed by atoms with Gasteiger partial charge in [-0.05, 0) is 59.7 Å². The van der Waals surface area contributed by atoms with Gasteiger partial charge in [-0.15, -0.1) is 0 Å². The molecule has 0 radical (unpaired) electrons. The molecular formula is C24H14Cl2N2O2. The number of benzene rings is 3. The van der Waals surface area contributed by atoms with Crippen molar-refractivity contribution in [2.24, 2.45) is 0 Å². The molecule has 5 aromatic rings. The van der Waals surface area contributed by atoms with Crippen LogP contribution in [0.5, 0.6) is 0 Å². The van der Waals surface area contributed by atoms with Gasteiger partial charge in [0.2, 0.25) is 11.8 Å². The molecule has 0 aliphatic heterocycles. The van der Waals surface area contributed by atoms with Crippen molar-refractivity contribution in [3.8, 4) is 0 Å². The SMILES string of the molecule is Clc1ccc2oc(/C=C/c3ccc(/C=C/c4nc5cc(Cl)ccc5o4)cc3)nc2c1. The molecule has 146 valence electrons. The van der Waals surface area contributed by atoms with E-state index in [4.69, 9.17) is 32.0 Å². The summed E-state index contributed by atoms with van der Waals surface area (Å²) in [7, 11) is 0. The van der Waals surface area contributed by atoms with Gasteiger partial charge in [0.25, 0.3) is 0 Å². The third-order valence-electron chi connectivity index (χ3n) is 4.51. The van der Waals surface area contributed by atoms with Crippen LogP contribution in [-0.4, -0.2) is 9.97 Å². The molecule has 0 N–H and O–H groups in total. The molecule has 0 aliphatic carbocycles. The van der Waals surface area contributed by atoms with E-state index in [9.17, 15) is 0 Å². The summed E-state index contributed by atoms with van der Waals surface area (Å²) in [4.78, 5) is 8.84. The molecule has 0 atom stereocenters. The van der Waals surface area contributed by atoms with Crippen molar-refractivity contribution in [1.29, 1.82) is 0 Å². The Morgan fingerprint density at radius 1 is 0.567 bits per heavy atom. The van der Waals surface area contributed by atoms with E-state index in [1.54, 1.807) is 24.3 Å². The van der Waals surface area contributed by atoms with E-state index < -0.39 is 0 Å². The van der Waals surface area contributed by atoms with E-state index in [1.165, 1.54) is 0 Å². The Bertz CT molecular complexity index is 1300. The maximum absolute atomic E-state index is 5.99. The Morgan fingerprint density at radius 2 is 1.00 bits per heavy atom. The number of hydrogen-bond donors (Lipinski definition) is 0. The van der Waals surface area contributed by atoms with Gasteiger partial charge in [0, 0.05) is 22.2 Å². The van der Waals surface area contributed by atoms with Crippen molar-refractivity contribution in [2.45, 2.75) is 0 Å². The molecular weight excluding hydrogens is 419 g/mol. The second-order valence-electron chi connectivity index (χ2n) is 6.66. The molecule has 0 fully saturated rings. The fraction of sp³-hybridized carbons (Fsp3) is 0. The van der Waals surface area contributed by atoms with Crippen LogP contribution < -0.4 is 0 Å². The normalized spacial score (nSPS) is 12.1. The van der Waals surface area contributed by atoms with Gasteiger partial charge in [0.1, 0.15) is 11.0 Å². The number of oxazole rings is 2. The first-order valence-corrected chi connectivity index (χ1v) is 9.96. The second kappa shape index (κ2) is 7.82. The zero-order valence-corrected chi connectivity index (χ0v) is 17.1. The first kappa shape index (κ1) is 18.7. The van der Waals surface area contributed by atoms with Crippen molar-refractivity contribution in [2.75, 3.05) is 0 Å². The van der Waals surface area contributed by atoms with Crippen molar-refractivity contribution in [1.82, 2.24) is 9.97 Å². The molecule has 0 aliphatic rings. The van der Waals surface area contributed by atoms with Gasteiger partial charge in [-0.1, -0.05) is 47.5 Å². The minimum Gasteiger partial charge on any atom is -0.437 e. The van der Waals surface area contributed by atoms with Gasteiger partial charge in [-0.2, -0.15) is 0 Å². The van der Waals surface area contributed by atoms with Gasteiger partial charge in [0.05, 0.1) is 0 Å². The Hall–Kier alpha value is -3.34. The Kier molecular flexibility index (Phi) is 4.87. The molecule has 3 aromatic carbocycles. The molecule has 2 heterocycles. The minimum absolute atomic E-state index is 0.535. The van der Waals surface area contributed by atoms with Crippen LogP contribution in [0.4, 0.5) is 0 Å². The monoisotopic (exact) mass is 432 g/mol. The largest absolute Gasteiger partial charge is 0.437 e. The third kappa shape index (κ3) is 4.01. The predicted molar refractivity (Wildman–Crippen MR) is 122 cm³/mol. The predicted octanol–water partition coefficient (Wildman–Crippen LogP) is 7.62. The maximum Gasteiger partial charge on any atom is 0.220 e. The van der Waals surface area contributed by atoms with Crippen molar-refractivity contribution >= 4 is 69.7 Å². The number of nitrogens with zero attached hydrogens (tertiary/aromatic N) is 2. The van der Waals surface area contributed by atoms with Crippen LogP contribution in [0.25, 0.3) is 46.5 Å². The summed E-state index contributed by atoms with van der Waals surface area (Å²) < 4.78 is 11.4. The maximum atomic E-state index is 5.99. The molecule has 4 nitrogen and oxygen atoms in total. The Balaban J connectivity index is 1.30. The third-order valence-corrected chi connectivity index (χ3v) is 4.98. The van der Waals surface area contributed by atoms with E-state index in [0.717, 1.165) is 22.2 Å². The summed E-state index contributed by atoms with van der Waals surface area (Å²) in [6.07, 6.45) is 7.57. The standard InChI is InChI=1S/C24H14Cl2N2O2/c25-17-7-9-21-19(13-17)27-23(29-21)11-5-15-1-2-16(4-3-15)6-12-24-28-20-14-18(26)8-10-22(20)30-24/h1-14H/b11-5+,12-6+. The molecule has 30 heavy (non-hydrogen) atoms. The molecule has 5 rings (SSSR count). The van der Waals surface area contributed by atoms with Crippen molar-refractivity contribution in [3.63, 3.8) is 0 Å². The van der Waals surface area contributed by atoms with Gasteiger partial charge in [0.15, 0.2) is 11.2 Å². The van der Waals surface area contributed by atoms with E-state index in [2.05, 4.69) is 9.97 Å². The summed E-state index contributed by atoms with van der Waals surface area (Å²) in [6, 6.07) is 18.8. The fourth-order valence-corrected chi connectivity index (χ4v) is 3.37. The summed E-state index contributed by atoms with van der Waals surface area (Å²) in [5.74, 6) is 1.07. The van der Waals surface area contributed by atoms with E-state index in [1.807, 2.05) is 60.7 Å². The number of rotatable bonds is 4. The lowest BCUT2D eigenvalue weighted by Gasteiger charge is -1.95. The van der Waals surface area contributed by atoms with Gasteiger partial charge in [-0.3, -0.25) is 0 Å². The number of hydrogen-bond acceptors (Lipinski definition) is 4. The van der Waals surface area contributed by atoms with Crippen LogP contribution in [-0.2, 0) is 0 Å². The van der Waals surface area contributed by atoms with Crippen LogP contribution in [0.2, 0.25) is 10.0 Å². The molecule has 2 aromatic heterocycles. The van der Waals surface area contributed by atoms with Crippen LogP contribution >= 0.6 is 23.2 Å². The van der Waals surface area contributed by atoms with E-state index in [0.29, 0.717) is 33.0 Å². The lowest BCUT2D eigenvalue weighted by molar-refractivity contribution is 0.589. The minimum atomic E-state index is 0.535. The lowest BCUT2D eigenvalue weighted by Crippen LogP contribution is -1.76. The van der Waals surface area contributed by atoms with Gasteiger partial charge in [-0.25, -0.2) is 9.97 Å². The summed E-state index contributed by atoms with van der Waals surface area (Å²) in [5, 5.41) is 1.27. The van der Waals surface area contributed by atoms with E-state index >= 15 is 0 Å². The van der Waals surface area contributed by atoms with Crippen molar-refractivity contribution < 1.29 is 8.83 Å². The summed E-state index contributed by atoms with van der Waals surface area (Å²) >= 11 is 12.0. The Morgan fingerprint density at radius 3 is 1.43 bits per heavy atom. The van der Waals surface area contributed by atoms with Crippen LogP contribution in [0.1, 0.15) is 22.9 Å². The summed E-state index contributed by atoms with van der Waals surface area (Å²) in [5.41, 5.74) is 4.96. The Labute approximate surface area is 182 Å². The molecule has 6 heteroatoms. The van der Waals surface area contributed by atoms with Crippen LogP contribution in [0.3, 0.4) is 0 Å². The van der Waals surface area contributed by atoms with E-state index in [-0.39, 0.29) is 0 Å². The van der Waals surface area contributed by atoms with Crippen LogP contribution in [0, 0.1) is 0 Å². The highest BCUT2D eigenvalue weighted by Gasteiger charge is 2.04. The number of aromatic nitrogens is 2. The smallest absolute Gasteiger partial charge is 0.220 e. The molecule has 0 spiro atoms. The lowest BCUT2D eigenvalue weighted by atomic mass is 10.1. The highest BCUT2D eigenvalue weighted by Crippen LogP contribution is 2.22. The summed E-state index contributed by atoms with van der Waals surface area (Å²) in [6.45, 7) is 0. The first-order valence-electron chi connectivity index (χ1n) is 9.21. The second-order valence-corrected chi connectivity index (χ2v) is 7.53. The quantitative estimate of drug-likeness (QED) is 0.293. The average molecular weight is 433 g/mol. The fourth-order valence-electron chi connectivity index (χ4n) is 3.03. The van der Waals surface area contributed by atoms with Gasteiger partial charge < -0.3 is 8.83 Å².